The van der Waals surface area contributed by atoms with Crippen LogP contribution in [0, 0.1) is 5.92 Å². The molecule has 4 rings (SSSR count). The lowest BCUT2D eigenvalue weighted by molar-refractivity contribution is 0.189. The third kappa shape index (κ3) is 4.51. The van der Waals surface area contributed by atoms with Crippen molar-refractivity contribution < 1.29 is 4.42 Å². The van der Waals surface area contributed by atoms with Crippen LogP contribution in [-0.2, 0) is 6.54 Å². The molecule has 1 N–H and O–H groups in total. The van der Waals surface area contributed by atoms with Crippen LogP contribution in [0.3, 0.4) is 0 Å². The molecule has 2 aromatic heterocycles. The van der Waals surface area contributed by atoms with Crippen LogP contribution in [0.25, 0.3) is 11.0 Å². The third-order valence-electron chi connectivity index (χ3n) is 5.32. The maximum Gasteiger partial charge on any atom is 0.194 e. The Kier molecular flexibility index (Phi) is 6.98. The van der Waals surface area contributed by atoms with E-state index in [0.29, 0.717) is 18.5 Å². The Balaban J connectivity index is 0.00000225. The zero-order chi connectivity index (χ0) is 18.6. The number of imidazole rings is 1. The molecule has 3 heterocycles. The summed E-state index contributed by atoms with van der Waals surface area (Å²) in [5.41, 5.74) is 0.916. The van der Waals surface area contributed by atoms with Gasteiger partial charge in [0.2, 0.25) is 0 Å². The third-order valence-corrected chi connectivity index (χ3v) is 5.32. The second kappa shape index (κ2) is 9.45. The van der Waals surface area contributed by atoms with Crippen molar-refractivity contribution in [2.75, 3.05) is 19.6 Å². The molecular formula is C21H28IN5O. The fraction of sp³-hybridized carbons (Fsp3) is 0.429. The van der Waals surface area contributed by atoms with E-state index in [0.717, 1.165) is 48.7 Å². The van der Waals surface area contributed by atoms with E-state index in [1.165, 1.54) is 0 Å². The number of nitrogens with one attached hydrogen (secondary N) is 1. The summed E-state index contributed by atoms with van der Waals surface area (Å²) in [6.07, 6.45) is 6.97. The van der Waals surface area contributed by atoms with Crippen molar-refractivity contribution in [3.05, 3.63) is 54.8 Å². The van der Waals surface area contributed by atoms with E-state index in [4.69, 9.17) is 9.41 Å². The largest absolute Gasteiger partial charge is 0.459 e. The summed E-state index contributed by atoms with van der Waals surface area (Å²) in [7, 11) is 0. The number of aromatic nitrogens is 2. The van der Waals surface area contributed by atoms with Crippen molar-refractivity contribution in [2.45, 2.75) is 32.9 Å². The van der Waals surface area contributed by atoms with E-state index in [-0.39, 0.29) is 24.0 Å². The number of nitrogens with zero attached hydrogens (tertiary/aromatic N) is 4. The Morgan fingerprint density at radius 2 is 2.21 bits per heavy atom. The molecule has 150 valence electrons. The van der Waals surface area contributed by atoms with Gasteiger partial charge in [0.1, 0.15) is 17.9 Å². The van der Waals surface area contributed by atoms with Gasteiger partial charge in [-0.2, -0.15) is 0 Å². The molecule has 0 amide bonds. The number of rotatable bonds is 4. The van der Waals surface area contributed by atoms with Crippen LogP contribution in [-0.4, -0.2) is 40.0 Å². The number of benzene rings is 1. The van der Waals surface area contributed by atoms with Gasteiger partial charge in [-0.15, -0.1) is 24.0 Å². The minimum Gasteiger partial charge on any atom is -0.459 e. The Morgan fingerprint density at radius 1 is 1.36 bits per heavy atom. The number of para-hydroxylation sites is 1. The predicted molar refractivity (Wildman–Crippen MR) is 123 cm³/mol. The van der Waals surface area contributed by atoms with Gasteiger partial charge in [-0.3, -0.25) is 0 Å². The molecule has 0 spiro atoms. The number of halogens is 1. The standard InChI is InChI=1S/C21H27N5O.HI/c1-3-23-21(24-13-18-12-17-6-4-5-7-20(17)27-18)25-10-8-16(2)19(14-25)26-11-9-22-15-26;/h4-7,9,11-12,15-16,19H,3,8,10,13-14H2,1-2H3,(H,23,24);1H. The Bertz CT molecular complexity index is 872. The highest BCUT2D eigenvalue weighted by Crippen LogP contribution is 2.27. The van der Waals surface area contributed by atoms with Gasteiger partial charge in [0.15, 0.2) is 5.96 Å². The molecule has 0 aliphatic carbocycles. The monoisotopic (exact) mass is 493 g/mol. The van der Waals surface area contributed by atoms with E-state index in [1.807, 2.05) is 30.7 Å². The Hall–Kier alpha value is -2.03. The number of furan rings is 1. The smallest absolute Gasteiger partial charge is 0.194 e. The van der Waals surface area contributed by atoms with E-state index < -0.39 is 0 Å². The van der Waals surface area contributed by atoms with Crippen molar-refractivity contribution in [3.63, 3.8) is 0 Å². The van der Waals surface area contributed by atoms with E-state index in [2.05, 4.69) is 51.9 Å². The first-order chi connectivity index (χ1) is 13.2. The fourth-order valence-corrected chi connectivity index (χ4v) is 3.79. The summed E-state index contributed by atoms with van der Waals surface area (Å²) >= 11 is 0. The molecule has 0 radical (unpaired) electrons. The van der Waals surface area contributed by atoms with Gasteiger partial charge in [-0.05, 0) is 31.4 Å². The molecule has 1 aliphatic rings. The van der Waals surface area contributed by atoms with Crippen LogP contribution < -0.4 is 5.32 Å². The molecule has 6 nitrogen and oxygen atoms in total. The molecule has 1 saturated heterocycles. The summed E-state index contributed by atoms with van der Waals surface area (Å²) in [6.45, 7) is 7.76. The van der Waals surface area contributed by atoms with Gasteiger partial charge < -0.3 is 19.2 Å². The van der Waals surface area contributed by atoms with Crippen molar-refractivity contribution in [2.24, 2.45) is 10.9 Å². The second-order valence-corrected chi connectivity index (χ2v) is 7.21. The van der Waals surface area contributed by atoms with Crippen LogP contribution in [0.5, 0.6) is 0 Å². The first-order valence-electron chi connectivity index (χ1n) is 9.72. The normalized spacial score (nSPS) is 20.2. The highest BCUT2D eigenvalue weighted by molar-refractivity contribution is 14.0. The summed E-state index contributed by atoms with van der Waals surface area (Å²) in [5.74, 6) is 2.46. The topological polar surface area (TPSA) is 58.6 Å². The molecule has 1 fully saturated rings. The number of piperidine rings is 1. The molecule has 3 aromatic rings. The lowest BCUT2D eigenvalue weighted by Gasteiger charge is -2.39. The minimum atomic E-state index is 0. The van der Waals surface area contributed by atoms with Crippen LogP contribution in [0.1, 0.15) is 32.1 Å². The summed E-state index contributed by atoms with van der Waals surface area (Å²) < 4.78 is 8.14. The highest BCUT2D eigenvalue weighted by atomic mass is 127. The van der Waals surface area contributed by atoms with Crippen LogP contribution >= 0.6 is 24.0 Å². The van der Waals surface area contributed by atoms with Crippen LogP contribution in [0.2, 0.25) is 0 Å². The molecule has 28 heavy (non-hydrogen) atoms. The number of likely N-dealkylation sites (tertiary alicyclic amines) is 1. The van der Waals surface area contributed by atoms with E-state index >= 15 is 0 Å². The maximum absolute atomic E-state index is 5.92. The first-order valence-corrected chi connectivity index (χ1v) is 9.72. The highest BCUT2D eigenvalue weighted by Gasteiger charge is 2.28. The number of aliphatic imine (C=N–C) groups is 1. The SMILES string of the molecule is CCNC(=NCc1cc2ccccc2o1)N1CCC(C)C(n2ccnc2)C1.I. The number of guanidine groups is 1. The number of hydrogen-bond acceptors (Lipinski definition) is 3. The fourth-order valence-electron chi connectivity index (χ4n) is 3.79. The summed E-state index contributed by atoms with van der Waals surface area (Å²) in [6, 6.07) is 10.6. The van der Waals surface area contributed by atoms with Gasteiger partial charge in [-0.1, -0.05) is 25.1 Å². The zero-order valence-corrected chi connectivity index (χ0v) is 18.7. The van der Waals surface area contributed by atoms with Crippen LogP contribution in [0.15, 0.2) is 58.5 Å². The molecule has 7 heteroatoms. The number of hydrogen-bond donors (Lipinski definition) is 1. The van der Waals surface area contributed by atoms with Gasteiger partial charge in [-0.25, -0.2) is 9.98 Å². The van der Waals surface area contributed by atoms with Crippen LogP contribution in [0.4, 0.5) is 0 Å². The van der Waals surface area contributed by atoms with Crippen molar-refractivity contribution in [3.8, 4) is 0 Å². The second-order valence-electron chi connectivity index (χ2n) is 7.21. The van der Waals surface area contributed by atoms with Gasteiger partial charge in [0, 0.05) is 37.4 Å². The first kappa shape index (κ1) is 20.7. The summed E-state index contributed by atoms with van der Waals surface area (Å²) in [5, 5.41) is 4.57. The molecule has 2 atom stereocenters. The average Bonchev–Trinajstić information content (AvgIpc) is 3.35. The average molecular weight is 493 g/mol. The zero-order valence-electron chi connectivity index (χ0n) is 16.4. The van der Waals surface area contributed by atoms with Crippen molar-refractivity contribution in [1.82, 2.24) is 19.8 Å². The lowest BCUT2D eigenvalue weighted by Crippen LogP contribution is -2.49. The molecule has 1 aromatic carbocycles. The Morgan fingerprint density at radius 3 is 2.96 bits per heavy atom. The van der Waals surface area contributed by atoms with Gasteiger partial charge in [0.25, 0.3) is 0 Å². The molecule has 2 unspecified atom stereocenters. The van der Waals surface area contributed by atoms with Gasteiger partial charge >= 0.3 is 0 Å². The lowest BCUT2D eigenvalue weighted by atomic mass is 9.93. The molecule has 0 saturated carbocycles. The van der Waals surface area contributed by atoms with Crippen molar-refractivity contribution >= 4 is 40.9 Å². The Labute approximate surface area is 183 Å². The minimum absolute atomic E-state index is 0. The molecule has 0 bridgehead atoms. The summed E-state index contributed by atoms with van der Waals surface area (Å²) in [4.78, 5) is 11.4. The van der Waals surface area contributed by atoms with E-state index in [9.17, 15) is 0 Å². The van der Waals surface area contributed by atoms with Gasteiger partial charge in [0.05, 0.1) is 12.4 Å². The molecular weight excluding hydrogens is 465 g/mol. The van der Waals surface area contributed by atoms with E-state index in [1.54, 1.807) is 0 Å². The predicted octanol–water partition coefficient (Wildman–Crippen LogP) is 4.30. The molecule has 1 aliphatic heterocycles. The maximum atomic E-state index is 5.92. The quantitative estimate of drug-likeness (QED) is 0.335. The number of fused-ring (bicyclic) bond motifs is 1. The van der Waals surface area contributed by atoms with Crippen molar-refractivity contribution in [1.29, 1.82) is 0 Å².